The number of hydrogen-bond donors (Lipinski definition) is 2. The molecule has 2 N–H and O–H groups in total. The van der Waals surface area contributed by atoms with Gasteiger partial charge in [0.25, 0.3) is 5.91 Å². The van der Waals surface area contributed by atoms with Crippen LogP contribution >= 0.6 is 0 Å². The lowest BCUT2D eigenvalue weighted by atomic mass is 10.1. The first kappa shape index (κ1) is 11.6. The number of para-hydroxylation sites is 1. The molecule has 3 rings (SSSR count). The topological polar surface area (TPSA) is 41.1 Å². The lowest BCUT2D eigenvalue weighted by Gasteiger charge is -2.13. The monoisotopic (exact) mass is 260 g/mol. The van der Waals surface area contributed by atoms with Gasteiger partial charge in [-0.05, 0) is 24.3 Å². The van der Waals surface area contributed by atoms with E-state index in [1.54, 1.807) is 24.3 Å². The normalized spacial score (nSPS) is 16.9. The maximum atomic E-state index is 13.6. The number of fused-ring (bicyclic) bond motifs is 1. The Kier molecular flexibility index (Phi) is 2.67. The molecule has 0 fully saturated rings. The van der Waals surface area contributed by atoms with Crippen LogP contribution in [0.15, 0.2) is 42.5 Å². The van der Waals surface area contributed by atoms with Gasteiger partial charge in [-0.3, -0.25) is 4.79 Å². The van der Waals surface area contributed by atoms with Gasteiger partial charge in [0.15, 0.2) is 0 Å². The summed E-state index contributed by atoms with van der Waals surface area (Å²) >= 11 is 0. The summed E-state index contributed by atoms with van der Waals surface area (Å²) in [6.45, 7) is 0. The number of halogens is 2. The molecule has 0 aromatic heterocycles. The summed E-state index contributed by atoms with van der Waals surface area (Å²) in [7, 11) is 0. The standard InChI is InChI=1S/C14H10F2N2O/c15-8-5-6-10(16)12(7-8)17-13-9-3-1-2-4-11(9)18-14(13)19/h1-7,13,17H,(H,18,19). The van der Waals surface area contributed by atoms with E-state index >= 15 is 0 Å². The summed E-state index contributed by atoms with van der Waals surface area (Å²) in [4.78, 5) is 11.8. The largest absolute Gasteiger partial charge is 0.368 e. The van der Waals surface area contributed by atoms with E-state index in [1.165, 1.54) is 0 Å². The van der Waals surface area contributed by atoms with Crippen LogP contribution in [0.3, 0.4) is 0 Å². The number of anilines is 2. The molecule has 0 spiro atoms. The highest BCUT2D eigenvalue weighted by atomic mass is 19.1. The molecular weight excluding hydrogens is 250 g/mol. The third-order valence-corrected chi connectivity index (χ3v) is 3.02. The van der Waals surface area contributed by atoms with Crippen LogP contribution in [0.5, 0.6) is 0 Å². The Morgan fingerprint density at radius 1 is 1.11 bits per heavy atom. The molecular formula is C14H10F2N2O. The quantitative estimate of drug-likeness (QED) is 0.871. The van der Waals surface area contributed by atoms with Crippen molar-refractivity contribution in [3.63, 3.8) is 0 Å². The first-order valence-electron chi connectivity index (χ1n) is 5.76. The SMILES string of the molecule is O=C1Nc2ccccc2C1Nc1cc(F)ccc1F. The van der Waals surface area contributed by atoms with Crippen molar-refractivity contribution in [1.82, 2.24) is 0 Å². The lowest BCUT2D eigenvalue weighted by Crippen LogP contribution is -2.20. The fraction of sp³-hybridized carbons (Fsp3) is 0.0714. The van der Waals surface area contributed by atoms with Crippen molar-refractivity contribution in [2.45, 2.75) is 6.04 Å². The van der Waals surface area contributed by atoms with Crippen molar-refractivity contribution in [3.05, 3.63) is 59.7 Å². The highest BCUT2D eigenvalue weighted by Crippen LogP contribution is 2.33. The first-order valence-corrected chi connectivity index (χ1v) is 5.76. The average Bonchev–Trinajstić information content (AvgIpc) is 2.71. The fourth-order valence-corrected chi connectivity index (χ4v) is 2.12. The molecule has 1 atom stereocenters. The molecule has 1 unspecified atom stereocenters. The number of rotatable bonds is 2. The molecule has 1 heterocycles. The third kappa shape index (κ3) is 2.03. The van der Waals surface area contributed by atoms with E-state index in [0.29, 0.717) is 5.69 Å². The minimum atomic E-state index is -0.715. The van der Waals surface area contributed by atoms with E-state index in [-0.39, 0.29) is 11.6 Å². The van der Waals surface area contributed by atoms with E-state index in [9.17, 15) is 13.6 Å². The zero-order valence-electron chi connectivity index (χ0n) is 9.78. The summed E-state index contributed by atoms with van der Waals surface area (Å²) in [6, 6.07) is 9.48. The Labute approximate surface area is 108 Å². The molecule has 0 bridgehead atoms. The highest BCUT2D eigenvalue weighted by molar-refractivity contribution is 6.04. The molecule has 0 saturated heterocycles. The van der Waals surface area contributed by atoms with E-state index in [1.807, 2.05) is 0 Å². The van der Waals surface area contributed by atoms with Crippen molar-refractivity contribution in [3.8, 4) is 0 Å². The minimum Gasteiger partial charge on any atom is -0.368 e. The summed E-state index contributed by atoms with van der Waals surface area (Å²) < 4.78 is 26.7. The van der Waals surface area contributed by atoms with Gasteiger partial charge in [0.2, 0.25) is 0 Å². The van der Waals surface area contributed by atoms with Crippen LogP contribution in [0.4, 0.5) is 20.2 Å². The molecule has 0 saturated carbocycles. The van der Waals surface area contributed by atoms with Crippen molar-refractivity contribution in [2.75, 3.05) is 10.6 Å². The summed E-state index contributed by atoms with van der Waals surface area (Å²) in [5.41, 5.74) is 1.37. The molecule has 1 aliphatic rings. The predicted molar refractivity (Wildman–Crippen MR) is 67.8 cm³/mol. The second-order valence-corrected chi connectivity index (χ2v) is 4.28. The van der Waals surface area contributed by atoms with Crippen LogP contribution in [0.1, 0.15) is 11.6 Å². The van der Waals surface area contributed by atoms with Gasteiger partial charge in [-0.15, -0.1) is 0 Å². The van der Waals surface area contributed by atoms with E-state index in [2.05, 4.69) is 10.6 Å². The Morgan fingerprint density at radius 2 is 1.89 bits per heavy atom. The van der Waals surface area contributed by atoms with Gasteiger partial charge in [-0.1, -0.05) is 18.2 Å². The molecule has 2 aromatic rings. The second-order valence-electron chi connectivity index (χ2n) is 4.28. The Balaban J connectivity index is 1.95. The molecule has 96 valence electrons. The van der Waals surface area contributed by atoms with E-state index in [4.69, 9.17) is 0 Å². The van der Waals surface area contributed by atoms with Crippen LogP contribution in [-0.4, -0.2) is 5.91 Å². The maximum absolute atomic E-state index is 13.6. The van der Waals surface area contributed by atoms with Crippen LogP contribution in [0.2, 0.25) is 0 Å². The minimum absolute atomic E-state index is 0.0307. The van der Waals surface area contributed by atoms with Crippen molar-refractivity contribution < 1.29 is 13.6 Å². The number of carbonyl (C=O) groups excluding carboxylic acids is 1. The number of carbonyl (C=O) groups is 1. The van der Waals surface area contributed by atoms with Crippen molar-refractivity contribution >= 4 is 17.3 Å². The van der Waals surface area contributed by atoms with Gasteiger partial charge in [0.05, 0.1) is 5.69 Å². The summed E-state index contributed by atoms with van der Waals surface area (Å²) in [5.74, 6) is -1.45. The second kappa shape index (κ2) is 4.35. The highest BCUT2D eigenvalue weighted by Gasteiger charge is 2.30. The third-order valence-electron chi connectivity index (χ3n) is 3.02. The van der Waals surface area contributed by atoms with Crippen LogP contribution in [0.25, 0.3) is 0 Å². The van der Waals surface area contributed by atoms with Gasteiger partial charge < -0.3 is 10.6 Å². The molecule has 3 nitrogen and oxygen atoms in total. The zero-order valence-corrected chi connectivity index (χ0v) is 9.78. The number of nitrogens with one attached hydrogen (secondary N) is 2. The Morgan fingerprint density at radius 3 is 2.74 bits per heavy atom. The molecule has 1 amide bonds. The number of hydrogen-bond acceptors (Lipinski definition) is 2. The number of benzene rings is 2. The summed E-state index contributed by atoms with van der Waals surface area (Å²) in [5, 5.41) is 5.41. The van der Waals surface area contributed by atoms with Crippen LogP contribution < -0.4 is 10.6 Å². The van der Waals surface area contributed by atoms with Gasteiger partial charge in [0, 0.05) is 11.3 Å². The Bertz CT molecular complexity index is 658. The van der Waals surface area contributed by atoms with Crippen molar-refractivity contribution in [2.24, 2.45) is 0 Å². The fourth-order valence-electron chi connectivity index (χ4n) is 2.12. The molecule has 0 aliphatic carbocycles. The molecule has 0 radical (unpaired) electrons. The van der Waals surface area contributed by atoms with E-state index in [0.717, 1.165) is 23.8 Å². The molecule has 2 aromatic carbocycles. The van der Waals surface area contributed by atoms with Crippen LogP contribution in [-0.2, 0) is 4.79 Å². The molecule has 1 aliphatic heterocycles. The molecule has 19 heavy (non-hydrogen) atoms. The van der Waals surface area contributed by atoms with Gasteiger partial charge >= 0.3 is 0 Å². The molecule has 5 heteroatoms. The number of amides is 1. The van der Waals surface area contributed by atoms with Gasteiger partial charge in [-0.25, -0.2) is 8.78 Å². The Hall–Kier alpha value is -2.43. The smallest absolute Gasteiger partial charge is 0.251 e. The first-order chi connectivity index (χ1) is 9.15. The average molecular weight is 260 g/mol. The lowest BCUT2D eigenvalue weighted by molar-refractivity contribution is -0.116. The van der Waals surface area contributed by atoms with Gasteiger partial charge in [-0.2, -0.15) is 0 Å². The zero-order chi connectivity index (χ0) is 13.4. The predicted octanol–water partition coefficient (Wildman–Crippen LogP) is 3.07. The van der Waals surface area contributed by atoms with Crippen molar-refractivity contribution in [1.29, 1.82) is 0 Å². The van der Waals surface area contributed by atoms with E-state index < -0.39 is 17.7 Å². The van der Waals surface area contributed by atoms with Gasteiger partial charge in [0.1, 0.15) is 17.7 Å². The maximum Gasteiger partial charge on any atom is 0.251 e. The van der Waals surface area contributed by atoms with Crippen LogP contribution in [0, 0.1) is 11.6 Å². The summed E-state index contributed by atoms with van der Waals surface area (Å²) in [6.07, 6.45) is 0.